The molecule has 178 valence electrons. The van der Waals surface area contributed by atoms with Crippen molar-refractivity contribution in [1.82, 2.24) is 0 Å². The second kappa shape index (κ2) is 11.6. The van der Waals surface area contributed by atoms with Crippen LogP contribution in [-0.4, -0.2) is 24.2 Å². The molecule has 3 aromatic carbocycles. The zero-order chi connectivity index (χ0) is 24.7. The molecule has 3 aromatic rings. The van der Waals surface area contributed by atoms with Crippen LogP contribution in [0.3, 0.4) is 0 Å². The Morgan fingerprint density at radius 1 is 0.971 bits per heavy atom. The SMILES string of the molecule is CCN(c1ccc(C(=O)O)cc1)c1cc(OCC(C)C)c(C(C)C)cc1/C=C/c1ccccc1. The molecule has 0 saturated carbocycles. The summed E-state index contributed by atoms with van der Waals surface area (Å²) in [5, 5.41) is 9.29. The van der Waals surface area contributed by atoms with E-state index in [0.717, 1.165) is 34.8 Å². The molecule has 0 aromatic heterocycles. The molecule has 4 nitrogen and oxygen atoms in total. The van der Waals surface area contributed by atoms with E-state index >= 15 is 0 Å². The monoisotopic (exact) mass is 457 g/mol. The first-order valence-electron chi connectivity index (χ1n) is 11.9. The van der Waals surface area contributed by atoms with E-state index in [1.54, 1.807) is 12.1 Å². The summed E-state index contributed by atoms with van der Waals surface area (Å²) < 4.78 is 6.27. The standard InChI is InChI=1S/C30H35NO3/c1-6-31(26-16-14-24(15-17-26)30(32)33)28-19-29(34-20-21(2)3)27(22(4)5)18-25(28)13-12-23-10-8-7-9-11-23/h7-19,21-22H,6,20H2,1-5H3,(H,32,33)/b13-12+. The van der Waals surface area contributed by atoms with Crippen LogP contribution in [0, 0.1) is 5.92 Å². The fraction of sp³-hybridized carbons (Fsp3) is 0.300. The summed E-state index contributed by atoms with van der Waals surface area (Å²) in [6, 6.07) is 21.6. The van der Waals surface area contributed by atoms with Gasteiger partial charge in [0, 0.05) is 18.3 Å². The normalized spacial score (nSPS) is 11.4. The third kappa shape index (κ3) is 6.28. The van der Waals surface area contributed by atoms with E-state index in [1.165, 1.54) is 5.56 Å². The number of carboxylic acid groups (broad SMARTS) is 1. The maximum atomic E-state index is 11.3. The first-order valence-corrected chi connectivity index (χ1v) is 11.9. The number of hydrogen-bond donors (Lipinski definition) is 1. The molecule has 1 N–H and O–H groups in total. The zero-order valence-corrected chi connectivity index (χ0v) is 20.8. The number of rotatable bonds is 10. The third-order valence-electron chi connectivity index (χ3n) is 5.64. The highest BCUT2D eigenvalue weighted by atomic mass is 16.5. The molecule has 0 aliphatic rings. The minimum Gasteiger partial charge on any atom is -0.493 e. The molecule has 0 saturated heterocycles. The summed E-state index contributed by atoms with van der Waals surface area (Å²) >= 11 is 0. The molecule has 0 atom stereocenters. The summed E-state index contributed by atoms with van der Waals surface area (Å²) in [5.41, 5.74) is 5.64. The molecule has 3 rings (SSSR count). The molecule has 0 bridgehead atoms. The Kier molecular flexibility index (Phi) is 8.53. The lowest BCUT2D eigenvalue weighted by Crippen LogP contribution is -2.18. The van der Waals surface area contributed by atoms with E-state index in [0.29, 0.717) is 18.4 Å². The first-order chi connectivity index (χ1) is 16.3. The van der Waals surface area contributed by atoms with Gasteiger partial charge in [-0.2, -0.15) is 0 Å². The average Bonchev–Trinajstić information content (AvgIpc) is 2.83. The van der Waals surface area contributed by atoms with E-state index < -0.39 is 5.97 Å². The van der Waals surface area contributed by atoms with Crippen LogP contribution in [0.25, 0.3) is 12.2 Å². The van der Waals surface area contributed by atoms with Gasteiger partial charge in [0.15, 0.2) is 0 Å². The van der Waals surface area contributed by atoms with Gasteiger partial charge in [-0.15, -0.1) is 0 Å². The first kappa shape index (κ1) is 25.1. The quantitative estimate of drug-likeness (QED) is 0.315. The van der Waals surface area contributed by atoms with Crippen LogP contribution in [0.5, 0.6) is 5.75 Å². The van der Waals surface area contributed by atoms with E-state index in [9.17, 15) is 9.90 Å². The van der Waals surface area contributed by atoms with Crippen LogP contribution >= 0.6 is 0 Å². The summed E-state index contributed by atoms with van der Waals surface area (Å²) in [5.74, 6) is 0.708. The maximum Gasteiger partial charge on any atom is 0.335 e. The predicted octanol–water partition coefficient (Wildman–Crippen LogP) is 7.87. The van der Waals surface area contributed by atoms with Crippen molar-refractivity contribution in [3.8, 4) is 5.75 Å². The number of carboxylic acids is 1. The Balaban J connectivity index is 2.14. The van der Waals surface area contributed by atoms with Crippen molar-refractivity contribution < 1.29 is 14.6 Å². The minimum absolute atomic E-state index is 0.278. The number of anilines is 2. The van der Waals surface area contributed by atoms with Gasteiger partial charge in [0.1, 0.15) is 5.75 Å². The summed E-state index contributed by atoms with van der Waals surface area (Å²) in [6.45, 7) is 12.1. The van der Waals surface area contributed by atoms with Crippen molar-refractivity contribution in [3.63, 3.8) is 0 Å². The predicted molar refractivity (Wildman–Crippen MR) is 142 cm³/mol. The number of ether oxygens (including phenoxy) is 1. The molecule has 0 amide bonds. The number of benzene rings is 3. The highest BCUT2D eigenvalue weighted by molar-refractivity contribution is 5.88. The van der Waals surface area contributed by atoms with Gasteiger partial charge in [-0.3, -0.25) is 0 Å². The number of aromatic carboxylic acids is 1. The second-order valence-corrected chi connectivity index (χ2v) is 9.15. The summed E-state index contributed by atoms with van der Waals surface area (Å²) in [6.07, 6.45) is 4.27. The molecule has 34 heavy (non-hydrogen) atoms. The Morgan fingerprint density at radius 3 is 2.21 bits per heavy atom. The minimum atomic E-state index is -0.924. The Labute approximate surface area is 203 Å². The van der Waals surface area contributed by atoms with E-state index in [4.69, 9.17) is 4.74 Å². The largest absolute Gasteiger partial charge is 0.493 e. The number of hydrogen-bond acceptors (Lipinski definition) is 3. The van der Waals surface area contributed by atoms with Crippen LogP contribution in [0.15, 0.2) is 66.7 Å². The Hall–Kier alpha value is -3.53. The van der Waals surface area contributed by atoms with Gasteiger partial charge >= 0.3 is 5.97 Å². The molecule has 0 aliphatic carbocycles. The lowest BCUT2D eigenvalue weighted by atomic mass is 9.96. The molecule has 0 fully saturated rings. The Morgan fingerprint density at radius 2 is 1.65 bits per heavy atom. The number of nitrogens with zero attached hydrogens (tertiary/aromatic N) is 1. The zero-order valence-electron chi connectivity index (χ0n) is 20.8. The Bertz CT molecular complexity index is 1120. The van der Waals surface area contributed by atoms with Gasteiger partial charge in [-0.05, 0) is 65.8 Å². The van der Waals surface area contributed by atoms with Crippen molar-refractivity contribution in [2.75, 3.05) is 18.1 Å². The van der Waals surface area contributed by atoms with Gasteiger partial charge in [-0.1, -0.05) is 70.2 Å². The molecular formula is C30H35NO3. The molecule has 0 radical (unpaired) electrons. The topological polar surface area (TPSA) is 49.8 Å². The maximum absolute atomic E-state index is 11.3. The summed E-state index contributed by atoms with van der Waals surface area (Å²) in [7, 11) is 0. The fourth-order valence-electron chi connectivity index (χ4n) is 3.83. The highest BCUT2D eigenvalue weighted by Crippen LogP contribution is 2.38. The number of carbonyl (C=O) groups is 1. The van der Waals surface area contributed by atoms with Crippen LogP contribution < -0.4 is 9.64 Å². The van der Waals surface area contributed by atoms with Gasteiger partial charge in [0.05, 0.1) is 17.9 Å². The van der Waals surface area contributed by atoms with Crippen LogP contribution in [0.4, 0.5) is 11.4 Å². The van der Waals surface area contributed by atoms with E-state index in [1.807, 2.05) is 30.3 Å². The molecule has 0 aliphatic heterocycles. The summed E-state index contributed by atoms with van der Waals surface area (Å²) in [4.78, 5) is 13.5. The smallest absolute Gasteiger partial charge is 0.335 e. The van der Waals surface area contributed by atoms with Crippen molar-refractivity contribution in [2.45, 2.75) is 40.5 Å². The van der Waals surface area contributed by atoms with Gasteiger partial charge in [0.25, 0.3) is 0 Å². The van der Waals surface area contributed by atoms with Gasteiger partial charge in [-0.25, -0.2) is 4.79 Å². The van der Waals surface area contributed by atoms with Crippen molar-refractivity contribution >= 4 is 29.5 Å². The van der Waals surface area contributed by atoms with Gasteiger partial charge < -0.3 is 14.7 Å². The molecule has 0 unspecified atom stereocenters. The molecular weight excluding hydrogens is 422 g/mol. The van der Waals surface area contributed by atoms with Crippen LogP contribution in [-0.2, 0) is 0 Å². The second-order valence-electron chi connectivity index (χ2n) is 9.15. The van der Waals surface area contributed by atoms with Crippen molar-refractivity contribution in [3.05, 3.63) is 89.0 Å². The van der Waals surface area contributed by atoms with E-state index in [2.05, 4.69) is 75.9 Å². The molecule has 0 spiro atoms. The lowest BCUT2D eigenvalue weighted by molar-refractivity contribution is 0.0697. The van der Waals surface area contributed by atoms with Gasteiger partial charge in [0.2, 0.25) is 0 Å². The van der Waals surface area contributed by atoms with E-state index in [-0.39, 0.29) is 5.56 Å². The fourth-order valence-corrected chi connectivity index (χ4v) is 3.83. The third-order valence-corrected chi connectivity index (χ3v) is 5.64. The molecule has 4 heteroatoms. The van der Waals surface area contributed by atoms with Crippen LogP contribution in [0.2, 0.25) is 0 Å². The lowest BCUT2D eigenvalue weighted by Gasteiger charge is -2.28. The highest BCUT2D eigenvalue weighted by Gasteiger charge is 2.18. The average molecular weight is 458 g/mol. The molecule has 0 heterocycles. The van der Waals surface area contributed by atoms with Crippen LogP contribution in [0.1, 0.15) is 67.6 Å². The van der Waals surface area contributed by atoms with Crippen molar-refractivity contribution in [1.29, 1.82) is 0 Å². The van der Waals surface area contributed by atoms with Crippen molar-refractivity contribution in [2.24, 2.45) is 5.92 Å².